The summed E-state index contributed by atoms with van der Waals surface area (Å²) >= 11 is 0. The van der Waals surface area contributed by atoms with Gasteiger partial charge in [-0.3, -0.25) is 4.98 Å². The van der Waals surface area contributed by atoms with E-state index in [9.17, 15) is 8.78 Å². The van der Waals surface area contributed by atoms with Gasteiger partial charge < -0.3 is 5.32 Å². The number of aryl methyl sites for hydroxylation is 1. The Morgan fingerprint density at radius 3 is 2.49 bits per heavy atom. The molecule has 35 heavy (non-hydrogen) atoms. The molecule has 4 rings (SSSR count). The zero-order chi connectivity index (χ0) is 24.8. The molecular formula is C31H42F2N2. The van der Waals surface area contributed by atoms with E-state index in [-0.39, 0.29) is 0 Å². The van der Waals surface area contributed by atoms with E-state index in [4.69, 9.17) is 4.98 Å². The first-order valence-electron chi connectivity index (χ1n) is 13.7. The quantitative estimate of drug-likeness (QED) is 0.391. The van der Waals surface area contributed by atoms with Gasteiger partial charge >= 0.3 is 0 Å². The highest BCUT2D eigenvalue weighted by atomic mass is 19.1. The Balaban J connectivity index is 1.73. The lowest BCUT2D eigenvalue weighted by Gasteiger charge is -2.34. The first-order chi connectivity index (χ1) is 17.0. The first-order valence-corrected chi connectivity index (χ1v) is 13.7. The van der Waals surface area contributed by atoms with Crippen molar-refractivity contribution in [3.8, 4) is 0 Å². The Morgan fingerprint density at radius 2 is 1.83 bits per heavy atom. The Morgan fingerprint density at radius 1 is 1.06 bits per heavy atom. The molecule has 0 aliphatic heterocycles. The van der Waals surface area contributed by atoms with Crippen LogP contribution in [0.5, 0.6) is 0 Å². The summed E-state index contributed by atoms with van der Waals surface area (Å²) in [5.74, 6) is 1.92. The van der Waals surface area contributed by atoms with Crippen molar-refractivity contribution in [3.63, 3.8) is 0 Å². The molecule has 1 fully saturated rings. The van der Waals surface area contributed by atoms with Gasteiger partial charge in [-0.15, -0.1) is 0 Å². The minimum atomic E-state index is -0.743. The molecule has 1 aromatic heterocycles. The molecule has 0 radical (unpaired) electrons. The SMILES string of the molecule is CCCC1=C(c2ccc(CNC(CF)CF)cn2)CC(C2CCCCC2)C(C)c2ccc(C)cc21. The average molecular weight is 481 g/mol. The molecule has 1 N–H and O–H groups in total. The van der Waals surface area contributed by atoms with Crippen molar-refractivity contribution in [2.45, 2.75) is 90.6 Å². The Kier molecular flexibility index (Phi) is 9.10. The van der Waals surface area contributed by atoms with Crippen molar-refractivity contribution < 1.29 is 8.78 Å². The van der Waals surface area contributed by atoms with Gasteiger partial charge in [0, 0.05) is 12.7 Å². The fourth-order valence-corrected chi connectivity index (χ4v) is 6.31. The molecule has 0 saturated heterocycles. The molecule has 2 nitrogen and oxygen atoms in total. The van der Waals surface area contributed by atoms with Crippen LogP contribution in [0, 0.1) is 18.8 Å². The molecule has 2 aliphatic carbocycles. The molecule has 1 heterocycles. The van der Waals surface area contributed by atoms with Gasteiger partial charge in [0.15, 0.2) is 0 Å². The monoisotopic (exact) mass is 480 g/mol. The molecule has 0 bridgehead atoms. The number of halogens is 2. The van der Waals surface area contributed by atoms with Crippen LogP contribution in [-0.2, 0) is 6.54 Å². The third-order valence-corrected chi connectivity index (χ3v) is 8.33. The van der Waals surface area contributed by atoms with Gasteiger partial charge in [-0.05, 0) is 71.4 Å². The zero-order valence-electron chi connectivity index (χ0n) is 21.8. The van der Waals surface area contributed by atoms with E-state index < -0.39 is 19.4 Å². The second-order valence-electron chi connectivity index (χ2n) is 10.8. The molecule has 0 spiro atoms. The summed E-state index contributed by atoms with van der Waals surface area (Å²) in [6.45, 7) is 5.94. The molecule has 190 valence electrons. The van der Waals surface area contributed by atoms with Crippen LogP contribution in [0.25, 0.3) is 11.1 Å². The van der Waals surface area contributed by atoms with Crippen molar-refractivity contribution in [1.29, 1.82) is 0 Å². The van der Waals surface area contributed by atoms with Gasteiger partial charge in [0.05, 0.1) is 11.7 Å². The lowest BCUT2D eigenvalue weighted by atomic mass is 9.70. The van der Waals surface area contributed by atoms with Crippen LogP contribution in [-0.4, -0.2) is 24.4 Å². The highest BCUT2D eigenvalue weighted by molar-refractivity contribution is 5.92. The van der Waals surface area contributed by atoms with Crippen LogP contribution in [0.1, 0.15) is 99.1 Å². The van der Waals surface area contributed by atoms with Gasteiger partial charge in [0.2, 0.25) is 0 Å². The largest absolute Gasteiger partial charge is 0.305 e. The minimum Gasteiger partial charge on any atom is -0.305 e. The predicted molar refractivity (Wildman–Crippen MR) is 143 cm³/mol. The lowest BCUT2D eigenvalue weighted by Crippen LogP contribution is -2.32. The second kappa shape index (κ2) is 12.3. The number of benzene rings is 1. The van der Waals surface area contributed by atoms with Gasteiger partial charge in [0.25, 0.3) is 0 Å². The fourth-order valence-electron chi connectivity index (χ4n) is 6.31. The van der Waals surface area contributed by atoms with E-state index in [1.807, 2.05) is 6.20 Å². The third-order valence-electron chi connectivity index (χ3n) is 8.33. The van der Waals surface area contributed by atoms with E-state index in [0.29, 0.717) is 18.4 Å². The molecule has 0 amide bonds. The summed E-state index contributed by atoms with van der Waals surface area (Å²) in [4.78, 5) is 4.92. The molecule has 2 unspecified atom stereocenters. The normalized spacial score (nSPS) is 21.3. The summed E-state index contributed by atoms with van der Waals surface area (Å²) in [7, 11) is 0. The summed E-state index contributed by atoms with van der Waals surface area (Å²) in [5.41, 5.74) is 9.13. The highest BCUT2D eigenvalue weighted by Crippen LogP contribution is 2.49. The van der Waals surface area contributed by atoms with Crippen molar-refractivity contribution in [3.05, 3.63) is 64.5 Å². The van der Waals surface area contributed by atoms with Gasteiger partial charge in [-0.25, -0.2) is 8.78 Å². The average Bonchev–Trinajstić information content (AvgIpc) is 3.00. The van der Waals surface area contributed by atoms with Crippen LogP contribution < -0.4 is 5.32 Å². The maximum absolute atomic E-state index is 12.9. The molecule has 4 heteroatoms. The fraction of sp³-hybridized carbons (Fsp3) is 0.581. The number of pyridine rings is 1. The number of nitrogens with zero attached hydrogens (tertiary/aromatic N) is 1. The van der Waals surface area contributed by atoms with Gasteiger partial charge in [-0.2, -0.15) is 0 Å². The smallest absolute Gasteiger partial charge is 0.107 e. The van der Waals surface area contributed by atoms with Crippen LogP contribution in [0.15, 0.2) is 36.5 Å². The van der Waals surface area contributed by atoms with E-state index in [1.165, 1.54) is 59.9 Å². The number of alkyl halides is 2. The summed E-state index contributed by atoms with van der Waals surface area (Å²) in [5, 5.41) is 2.95. The standard InChI is InChI=1S/C31H42F2N2/c1-4-8-27-29-15-21(2)11-13-26(29)22(3)28(24-9-6-5-7-10-24)16-30(27)31-14-12-23(20-35-31)19-34-25(17-32)18-33/h11-15,20,22,24-25,28,34H,4-10,16-19H2,1-3H3. The lowest BCUT2D eigenvalue weighted by molar-refractivity contribution is 0.225. The third kappa shape index (κ3) is 6.02. The Labute approximate surface area is 210 Å². The van der Waals surface area contributed by atoms with Gasteiger partial charge in [0.1, 0.15) is 13.3 Å². The molecule has 1 aromatic carbocycles. The highest BCUT2D eigenvalue weighted by Gasteiger charge is 2.35. The van der Waals surface area contributed by atoms with E-state index >= 15 is 0 Å². The number of nitrogens with one attached hydrogen (secondary N) is 1. The number of aromatic nitrogens is 1. The summed E-state index contributed by atoms with van der Waals surface area (Å²) < 4.78 is 25.7. The predicted octanol–water partition coefficient (Wildman–Crippen LogP) is 8.20. The summed E-state index contributed by atoms with van der Waals surface area (Å²) in [6.07, 6.45) is 11.9. The zero-order valence-corrected chi connectivity index (χ0v) is 21.8. The topological polar surface area (TPSA) is 24.9 Å². The van der Waals surface area contributed by atoms with E-state index in [2.05, 4.69) is 56.4 Å². The van der Waals surface area contributed by atoms with Crippen LogP contribution >= 0.6 is 0 Å². The minimum absolute atomic E-state index is 0.427. The Hall–Kier alpha value is -2.07. The number of hydrogen-bond donors (Lipinski definition) is 1. The van der Waals surface area contributed by atoms with Crippen LogP contribution in [0.2, 0.25) is 0 Å². The summed E-state index contributed by atoms with van der Waals surface area (Å²) in [6, 6.07) is 10.5. The maximum atomic E-state index is 12.9. The molecule has 1 saturated carbocycles. The Bertz CT molecular complexity index is 988. The van der Waals surface area contributed by atoms with Crippen molar-refractivity contribution in [1.82, 2.24) is 10.3 Å². The maximum Gasteiger partial charge on any atom is 0.107 e. The molecule has 2 aromatic rings. The van der Waals surface area contributed by atoms with Gasteiger partial charge in [-0.1, -0.05) is 82.2 Å². The number of allylic oxidation sites excluding steroid dienone is 2. The van der Waals surface area contributed by atoms with Crippen LogP contribution in [0.3, 0.4) is 0 Å². The molecule has 2 atom stereocenters. The number of rotatable bonds is 9. The van der Waals surface area contributed by atoms with Crippen molar-refractivity contribution in [2.75, 3.05) is 13.3 Å². The first kappa shape index (κ1) is 26.0. The van der Waals surface area contributed by atoms with Crippen LogP contribution in [0.4, 0.5) is 8.78 Å². The van der Waals surface area contributed by atoms with E-state index in [1.54, 1.807) is 0 Å². The van der Waals surface area contributed by atoms with Crippen molar-refractivity contribution >= 4 is 11.1 Å². The number of fused-ring (bicyclic) bond motifs is 1. The van der Waals surface area contributed by atoms with Crippen molar-refractivity contribution in [2.24, 2.45) is 11.8 Å². The molecular weight excluding hydrogens is 438 g/mol. The molecule has 2 aliphatic rings. The van der Waals surface area contributed by atoms with E-state index in [0.717, 1.165) is 36.4 Å². The second-order valence-corrected chi connectivity index (χ2v) is 10.8. The number of hydrogen-bond acceptors (Lipinski definition) is 2.